The van der Waals surface area contributed by atoms with Crippen LogP contribution in [0.3, 0.4) is 0 Å². The second-order valence-electron chi connectivity index (χ2n) is 10.7. The summed E-state index contributed by atoms with van der Waals surface area (Å²) in [6.45, 7) is 5.89. The Balaban J connectivity index is 1.19. The van der Waals surface area contributed by atoms with E-state index in [2.05, 4.69) is 48.2 Å². The van der Waals surface area contributed by atoms with Crippen molar-refractivity contribution in [3.05, 3.63) is 77.2 Å². The maximum Gasteiger partial charge on any atom is 0.226 e. The van der Waals surface area contributed by atoms with Crippen LogP contribution in [0, 0.1) is 25.7 Å². The first-order valence-electron chi connectivity index (χ1n) is 13.5. The zero-order valence-corrected chi connectivity index (χ0v) is 21.6. The van der Waals surface area contributed by atoms with Gasteiger partial charge in [-0.2, -0.15) is 0 Å². The Bertz CT molecular complexity index is 1150. The largest absolute Gasteiger partial charge is 0.441 e. The molecule has 5 nitrogen and oxygen atoms in total. The highest BCUT2D eigenvalue weighted by atomic mass is 16.5. The SMILES string of the molecule is Cc1cccc(-c2nc(COCC3CCCC(N(Cc4ccccc4)C(=O)C4CCC4)C3)c(C)o2)c1. The minimum Gasteiger partial charge on any atom is -0.441 e. The monoisotopic (exact) mass is 486 g/mol. The Morgan fingerprint density at radius 3 is 2.58 bits per heavy atom. The molecule has 2 fully saturated rings. The second-order valence-corrected chi connectivity index (χ2v) is 10.7. The van der Waals surface area contributed by atoms with Crippen molar-refractivity contribution in [3.8, 4) is 11.5 Å². The zero-order chi connectivity index (χ0) is 24.9. The number of aryl methyl sites for hydroxylation is 2. The van der Waals surface area contributed by atoms with E-state index in [-0.39, 0.29) is 5.92 Å². The first-order valence-corrected chi connectivity index (χ1v) is 13.5. The Labute approximate surface area is 214 Å². The summed E-state index contributed by atoms with van der Waals surface area (Å²) in [7, 11) is 0. The minimum atomic E-state index is 0.225. The van der Waals surface area contributed by atoms with Gasteiger partial charge in [0.2, 0.25) is 11.8 Å². The molecule has 3 aromatic rings. The van der Waals surface area contributed by atoms with Crippen LogP contribution in [-0.4, -0.2) is 28.4 Å². The maximum atomic E-state index is 13.4. The van der Waals surface area contributed by atoms with E-state index in [9.17, 15) is 4.79 Å². The van der Waals surface area contributed by atoms with Gasteiger partial charge in [0.25, 0.3) is 0 Å². The van der Waals surface area contributed by atoms with Crippen molar-refractivity contribution in [1.82, 2.24) is 9.88 Å². The molecule has 2 aliphatic rings. The van der Waals surface area contributed by atoms with Crippen LogP contribution in [0.1, 0.15) is 67.5 Å². The number of benzene rings is 2. The molecule has 1 aromatic heterocycles. The highest BCUT2D eigenvalue weighted by Gasteiger charge is 2.35. The van der Waals surface area contributed by atoms with Crippen molar-refractivity contribution < 1.29 is 13.9 Å². The van der Waals surface area contributed by atoms with E-state index >= 15 is 0 Å². The van der Waals surface area contributed by atoms with Gasteiger partial charge in [0, 0.05) is 30.7 Å². The Kier molecular flexibility index (Phi) is 7.86. The van der Waals surface area contributed by atoms with Gasteiger partial charge in [0.1, 0.15) is 11.5 Å². The maximum absolute atomic E-state index is 13.4. The predicted molar refractivity (Wildman–Crippen MR) is 141 cm³/mol. The fourth-order valence-electron chi connectivity index (χ4n) is 5.54. The van der Waals surface area contributed by atoms with Crippen molar-refractivity contribution in [2.45, 2.75) is 78.0 Å². The third-order valence-electron chi connectivity index (χ3n) is 7.88. The van der Waals surface area contributed by atoms with Crippen LogP contribution in [0.2, 0.25) is 0 Å². The van der Waals surface area contributed by atoms with Crippen molar-refractivity contribution in [2.24, 2.45) is 11.8 Å². The smallest absolute Gasteiger partial charge is 0.226 e. The van der Waals surface area contributed by atoms with Gasteiger partial charge in [-0.05, 0) is 69.6 Å². The molecule has 0 N–H and O–H groups in total. The van der Waals surface area contributed by atoms with Gasteiger partial charge < -0.3 is 14.1 Å². The number of ether oxygens (including phenoxy) is 1. The molecule has 0 spiro atoms. The van der Waals surface area contributed by atoms with E-state index in [1.54, 1.807) is 0 Å². The summed E-state index contributed by atoms with van der Waals surface area (Å²) in [6, 6.07) is 18.9. The number of carbonyl (C=O) groups excluding carboxylic acids is 1. The molecule has 0 bridgehead atoms. The topological polar surface area (TPSA) is 55.6 Å². The number of hydrogen-bond donors (Lipinski definition) is 0. The van der Waals surface area contributed by atoms with E-state index in [0.29, 0.717) is 43.5 Å². The van der Waals surface area contributed by atoms with Crippen molar-refractivity contribution in [2.75, 3.05) is 6.61 Å². The molecule has 2 aromatic carbocycles. The van der Waals surface area contributed by atoms with Gasteiger partial charge in [-0.15, -0.1) is 0 Å². The molecular formula is C31H38N2O3. The Morgan fingerprint density at radius 2 is 1.83 bits per heavy atom. The molecule has 2 saturated carbocycles. The number of carbonyl (C=O) groups is 1. The molecule has 2 atom stereocenters. The lowest BCUT2D eigenvalue weighted by molar-refractivity contribution is -0.142. The van der Waals surface area contributed by atoms with Gasteiger partial charge in [-0.3, -0.25) is 4.79 Å². The standard InChI is InChI=1S/C31H38N2O3/c1-22-9-6-15-27(17-22)30-32-29(23(2)36-30)21-35-20-25-12-7-16-28(18-25)33(31(34)26-13-8-14-26)19-24-10-4-3-5-11-24/h3-6,9-11,15,17,25-26,28H,7-8,12-14,16,18-21H2,1-2H3. The lowest BCUT2D eigenvalue weighted by Crippen LogP contribution is -2.47. The number of amides is 1. The zero-order valence-electron chi connectivity index (χ0n) is 21.6. The van der Waals surface area contributed by atoms with E-state index in [1.807, 2.05) is 25.1 Å². The molecule has 5 heteroatoms. The lowest BCUT2D eigenvalue weighted by atomic mass is 9.81. The fraction of sp³-hybridized carbons (Fsp3) is 0.484. The Morgan fingerprint density at radius 1 is 1.03 bits per heavy atom. The average molecular weight is 487 g/mol. The molecule has 2 unspecified atom stereocenters. The minimum absolute atomic E-state index is 0.225. The molecule has 36 heavy (non-hydrogen) atoms. The number of aromatic nitrogens is 1. The van der Waals surface area contributed by atoms with Crippen LogP contribution in [-0.2, 0) is 22.7 Å². The molecule has 5 rings (SSSR count). The van der Waals surface area contributed by atoms with Crippen molar-refractivity contribution in [3.63, 3.8) is 0 Å². The van der Waals surface area contributed by atoms with Gasteiger partial charge in [-0.1, -0.05) is 60.9 Å². The summed E-state index contributed by atoms with van der Waals surface area (Å²) < 4.78 is 12.1. The van der Waals surface area contributed by atoms with Gasteiger partial charge >= 0.3 is 0 Å². The number of hydrogen-bond acceptors (Lipinski definition) is 4. The van der Waals surface area contributed by atoms with E-state index in [1.165, 1.54) is 17.5 Å². The predicted octanol–water partition coefficient (Wildman–Crippen LogP) is 6.86. The Hall–Kier alpha value is -2.92. The lowest BCUT2D eigenvalue weighted by Gasteiger charge is -2.41. The van der Waals surface area contributed by atoms with Crippen LogP contribution >= 0.6 is 0 Å². The summed E-state index contributed by atoms with van der Waals surface area (Å²) in [5.74, 6) is 2.51. The fourth-order valence-corrected chi connectivity index (χ4v) is 5.54. The first-order chi connectivity index (χ1) is 17.6. The number of rotatable bonds is 9. The van der Waals surface area contributed by atoms with Crippen LogP contribution in [0.15, 0.2) is 59.0 Å². The average Bonchev–Trinajstić information content (AvgIpc) is 3.23. The highest BCUT2D eigenvalue weighted by Crippen LogP contribution is 2.34. The molecule has 1 amide bonds. The van der Waals surface area contributed by atoms with Crippen molar-refractivity contribution >= 4 is 5.91 Å². The molecule has 0 saturated heterocycles. The number of nitrogens with zero attached hydrogens (tertiary/aromatic N) is 2. The molecule has 190 valence electrons. The summed E-state index contributed by atoms with van der Waals surface area (Å²) in [5.41, 5.74) is 4.26. The third kappa shape index (κ3) is 5.89. The normalized spacial score (nSPS) is 20.2. The molecule has 0 radical (unpaired) electrons. The van der Waals surface area contributed by atoms with E-state index < -0.39 is 0 Å². The summed E-state index contributed by atoms with van der Waals surface area (Å²) >= 11 is 0. The van der Waals surface area contributed by atoms with E-state index in [0.717, 1.165) is 55.5 Å². The van der Waals surface area contributed by atoms with Crippen LogP contribution < -0.4 is 0 Å². The van der Waals surface area contributed by atoms with Crippen LogP contribution in [0.25, 0.3) is 11.5 Å². The van der Waals surface area contributed by atoms with Crippen LogP contribution in [0.4, 0.5) is 0 Å². The van der Waals surface area contributed by atoms with Crippen molar-refractivity contribution in [1.29, 1.82) is 0 Å². The quantitative estimate of drug-likeness (QED) is 0.331. The third-order valence-corrected chi connectivity index (χ3v) is 7.88. The number of oxazole rings is 1. The summed E-state index contributed by atoms with van der Waals surface area (Å²) in [5, 5.41) is 0. The molecule has 0 aliphatic heterocycles. The van der Waals surface area contributed by atoms with Crippen LogP contribution in [0.5, 0.6) is 0 Å². The molecule has 2 aliphatic carbocycles. The van der Waals surface area contributed by atoms with Gasteiger partial charge in [-0.25, -0.2) is 4.98 Å². The van der Waals surface area contributed by atoms with Gasteiger partial charge in [0.15, 0.2) is 0 Å². The second kappa shape index (κ2) is 11.4. The molecular weight excluding hydrogens is 448 g/mol. The van der Waals surface area contributed by atoms with E-state index in [4.69, 9.17) is 14.1 Å². The first kappa shape index (κ1) is 24.8. The van der Waals surface area contributed by atoms with Gasteiger partial charge in [0.05, 0.1) is 6.61 Å². The highest BCUT2D eigenvalue weighted by molar-refractivity contribution is 5.80. The summed E-state index contributed by atoms with van der Waals surface area (Å²) in [4.78, 5) is 20.3. The molecule has 1 heterocycles. The summed E-state index contributed by atoms with van der Waals surface area (Å²) in [6.07, 6.45) is 7.67.